The van der Waals surface area contributed by atoms with Crippen LogP contribution in [0.1, 0.15) is 24.2 Å². The molecule has 0 aliphatic heterocycles. The van der Waals surface area contributed by atoms with E-state index in [1.807, 2.05) is 0 Å². The second-order valence-electron chi connectivity index (χ2n) is 5.45. The van der Waals surface area contributed by atoms with Crippen molar-refractivity contribution < 1.29 is 9.59 Å². The zero-order valence-electron chi connectivity index (χ0n) is 13.5. The Kier molecular flexibility index (Phi) is 5.06. The number of thioether (sulfide) groups is 1. The highest BCUT2D eigenvalue weighted by Gasteiger charge is 2.17. The standard InChI is InChI=1S/C17H15ClN4O2S/c1-9(23)11-4-3-5-13(6-11)20-16(24)10(2)25-17-21-14-7-12(18)8-19-15(14)22-17/h3-8,10H,1-2H3,(H,20,24)(H,19,21,22)/t10-/m1/s1. The Bertz CT molecular complexity index is 957. The Hall–Kier alpha value is -2.38. The van der Waals surface area contributed by atoms with Crippen LogP contribution in [0, 0.1) is 0 Å². The number of rotatable bonds is 5. The van der Waals surface area contributed by atoms with Crippen molar-refractivity contribution in [2.24, 2.45) is 0 Å². The first-order chi connectivity index (χ1) is 11.9. The van der Waals surface area contributed by atoms with E-state index < -0.39 is 5.25 Å². The van der Waals surface area contributed by atoms with Crippen LogP contribution in [0.25, 0.3) is 11.2 Å². The number of hydrogen-bond donors (Lipinski definition) is 2. The van der Waals surface area contributed by atoms with Crippen LogP contribution in [0.4, 0.5) is 5.69 Å². The van der Waals surface area contributed by atoms with E-state index in [4.69, 9.17) is 11.6 Å². The molecule has 8 heteroatoms. The number of Topliss-reactive ketones (excluding diaryl/α,β-unsaturated/α-hetero) is 1. The van der Waals surface area contributed by atoms with Crippen molar-refractivity contribution >= 4 is 51.9 Å². The van der Waals surface area contributed by atoms with E-state index in [1.165, 1.54) is 24.9 Å². The summed E-state index contributed by atoms with van der Waals surface area (Å²) in [5.74, 6) is -0.232. The van der Waals surface area contributed by atoms with Crippen LogP contribution >= 0.6 is 23.4 Å². The maximum atomic E-state index is 12.4. The van der Waals surface area contributed by atoms with Gasteiger partial charge in [0, 0.05) is 17.4 Å². The summed E-state index contributed by atoms with van der Waals surface area (Å²) in [5, 5.41) is 3.52. The van der Waals surface area contributed by atoms with Crippen LogP contribution in [0.2, 0.25) is 5.02 Å². The summed E-state index contributed by atoms with van der Waals surface area (Å²) in [6.45, 7) is 3.27. The van der Waals surface area contributed by atoms with Gasteiger partial charge in [-0.1, -0.05) is 35.5 Å². The second kappa shape index (κ2) is 7.25. The van der Waals surface area contributed by atoms with Gasteiger partial charge in [0.05, 0.1) is 15.8 Å². The van der Waals surface area contributed by atoms with Gasteiger partial charge in [-0.05, 0) is 32.0 Å². The number of aromatic nitrogens is 3. The predicted molar refractivity (Wildman–Crippen MR) is 99.3 cm³/mol. The van der Waals surface area contributed by atoms with Gasteiger partial charge in [0.2, 0.25) is 5.91 Å². The fourth-order valence-corrected chi connectivity index (χ4v) is 3.16. The van der Waals surface area contributed by atoms with Crippen LogP contribution in [0.15, 0.2) is 41.7 Å². The summed E-state index contributed by atoms with van der Waals surface area (Å²) in [6.07, 6.45) is 1.53. The van der Waals surface area contributed by atoms with E-state index in [1.54, 1.807) is 37.3 Å². The fraction of sp³-hybridized carbons (Fsp3) is 0.176. The zero-order valence-corrected chi connectivity index (χ0v) is 15.1. The number of benzene rings is 1. The van der Waals surface area contributed by atoms with Gasteiger partial charge in [-0.2, -0.15) is 0 Å². The van der Waals surface area contributed by atoms with Crippen molar-refractivity contribution in [3.8, 4) is 0 Å². The number of hydrogen-bond acceptors (Lipinski definition) is 5. The van der Waals surface area contributed by atoms with Crippen LogP contribution in [-0.4, -0.2) is 31.9 Å². The summed E-state index contributed by atoms with van der Waals surface area (Å²) in [7, 11) is 0. The molecule has 1 aromatic carbocycles. The topological polar surface area (TPSA) is 87.7 Å². The molecule has 0 saturated heterocycles. The van der Waals surface area contributed by atoms with Gasteiger partial charge in [-0.15, -0.1) is 0 Å². The molecular weight excluding hydrogens is 360 g/mol. The third-order valence-corrected chi connectivity index (χ3v) is 4.67. The minimum atomic E-state index is -0.392. The molecule has 3 rings (SSSR count). The number of pyridine rings is 1. The highest BCUT2D eigenvalue weighted by Crippen LogP contribution is 2.25. The summed E-state index contributed by atoms with van der Waals surface area (Å²) in [4.78, 5) is 35.3. The third kappa shape index (κ3) is 4.18. The number of nitrogens with one attached hydrogen (secondary N) is 2. The highest BCUT2D eigenvalue weighted by molar-refractivity contribution is 8.00. The zero-order chi connectivity index (χ0) is 18.0. The minimum Gasteiger partial charge on any atom is -0.331 e. The average molecular weight is 375 g/mol. The van der Waals surface area contributed by atoms with Crippen LogP contribution in [-0.2, 0) is 4.79 Å². The first kappa shape index (κ1) is 17.4. The molecule has 0 spiro atoms. The summed E-state index contributed by atoms with van der Waals surface area (Å²) in [5.41, 5.74) is 2.41. The number of imidazole rings is 1. The van der Waals surface area contributed by atoms with Crippen LogP contribution in [0.3, 0.4) is 0 Å². The lowest BCUT2D eigenvalue weighted by molar-refractivity contribution is -0.115. The SMILES string of the molecule is CC(=O)c1cccc(NC(=O)[C@@H](C)Sc2nc3ncc(Cl)cc3[nH]2)c1. The largest absolute Gasteiger partial charge is 0.331 e. The van der Waals surface area contributed by atoms with Gasteiger partial charge in [0.15, 0.2) is 16.6 Å². The Morgan fingerprint density at radius 3 is 2.88 bits per heavy atom. The molecule has 0 unspecified atom stereocenters. The number of anilines is 1. The van der Waals surface area contributed by atoms with Crippen molar-refractivity contribution in [3.63, 3.8) is 0 Å². The van der Waals surface area contributed by atoms with Crippen molar-refractivity contribution in [1.82, 2.24) is 15.0 Å². The van der Waals surface area contributed by atoms with E-state index in [2.05, 4.69) is 20.3 Å². The van der Waals surface area contributed by atoms with Crippen molar-refractivity contribution in [3.05, 3.63) is 47.1 Å². The summed E-state index contributed by atoms with van der Waals surface area (Å²) < 4.78 is 0. The van der Waals surface area contributed by atoms with E-state index in [0.717, 1.165) is 5.52 Å². The molecule has 0 aliphatic carbocycles. The Labute approximate surface area is 153 Å². The molecule has 2 N–H and O–H groups in total. The normalized spacial score (nSPS) is 12.1. The second-order valence-corrected chi connectivity index (χ2v) is 7.22. The molecule has 3 aromatic rings. The van der Waals surface area contributed by atoms with Gasteiger partial charge in [-0.3, -0.25) is 9.59 Å². The average Bonchev–Trinajstić information content (AvgIpc) is 2.96. The number of halogens is 1. The molecule has 0 aliphatic rings. The lowest BCUT2D eigenvalue weighted by Gasteiger charge is -2.11. The van der Waals surface area contributed by atoms with Crippen molar-refractivity contribution in [2.75, 3.05) is 5.32 Å². The molecule has 0 radical (unpaired) electrons. The van der Waals surface area contributed by atoms with Gasteiger partial charge in [-0.25, -0.2) is 9.97 Å². The number of amides is 1. The van der Waals surface area contributed by atoms with Crippen molar-refractivity contribution in [1.29, 1.82) is 0 Å². The number of carbonyl (C=O) groups is 2. The molecule has 2 aromatic heterocycles. The molecule has 1 atom stereocenters. The van der Waals surface area contributed by atoms with Gasteiger partial charge in [0.25, 0.3) is 0 Å². The first-order valence-electron chi connectivity index (χ1n) is 7.52. The summed E-state index contributed by atoms with van der Waals surface area (Å²) in [6, 6.07) is 8.58. The number of ketones is 1. The van der Waals surface area contributed by atoms with Gasteiger partial charge >= 0.3 is 0 Å². The highest BCUT2D eigenvalue weighted by atomic mass is 35.5. The van der Waals surface area contributed by atoms with Crippen molar-refractivity contribution in [2.45, 2.75) is 24.3 Å². The van der Waals surface area contributed by atoms with E-state index in [9.17, 15) is 9.59 Å². The van der Waals surface area contributed by atoms with E-state index in [0.29, 0.717) is 27.1 Å². The number of nitrogens with zero attached hydrogens (tertiary/aromatic N) is 2. The number of carbonyl (C=O) groups excluding carboxylic acids is 2. The Balaban J connectivity index is 1.69. The number of H-pyrrole nitrogens is 1. The predicted octanol–water partition coefficient (Wildman–Crippen LogP) is 3.93. The van der Waals surface area contributed by atoms with Gasteiger partial charge in [0.1, 0.15) is 0 Å². The smallest absolute Gasteiger partial charge is 0.237 e. The summed E-state index contributed by atoms with van der Waals surface area (Å²) >= 11 is 7.19. The maximum Gasteiger partial charge on any atom is 0.237 e. The lowest BCUT2D eigenvalue weighted by atomic mass is 10.1. The van der Waals surface area contributed by atoms with E-state index >= 15 is 0 Å². The molecule has 25 heavy (non-hydrogen) atoms. The molecule has 0 bridgehead atoms. The maximum absolute atomic E-state index is 12.4. The first-order valence-corrected chi connectivity index (χ1v) is 8.78. The molecular formula is C17H15ClN4O2S. The molecule has 6 nitrogen and oxygen atoms in total. The number of aromatic amines is 1. The van der Waals surface area contributed by atoms with E-state index in [-0.39, 0.29) is 11.7 Å². The number of fused-ring (bicyclic) bond motifs is 1. The Morgan fingerprint density at radius 1 is 1.32 bits per heavy atom. The fourth-order valence-electron chi connectivity index (χ4n) is 2.19. The Morgan fingerprint density at radius 2 is 2.12 bits per heavy atom. The third-order valence-electron chi connectivity index (χ3n) is 3.48. The molecule has 2 heterocycles. The molecule has 0 saturated carbocycles. The molecule has 128 valence electrons. The monoisotopic (exact) mass is 374 g/mol. The quantitative estimate of drug-likeness (QED) is 0.521. The van der Waals surface area contributed by atoms with Gasteiger partial charge < -0.3 is 10.3 Å². The molecule has 0 fully saturated rings. The lowest BCUT2D eigenvalue weighted by Crippen LogP contribution is -2.22. The van der Waals surface area contributed by atoms with Crippen LogP contribution in [0.5, 0.6) is 0 Å². The molecule has 1 amide bonds. The van der Waals surface area contributed by atoms with Crippen LogP contribution < -0.4 is 5.32 Å². The minimum absolute atomic E-state index is 0.0491.